The molecule has 0 saturated carbocycles. The van der Waals surface area contributed by atoms with Crippen LogP contribution in [0.2, 0.25) is 0 Å². The number of rotatable bonds is 3. The molecule has 1 aromatic heterocycles. The summed E-state index contributed by atoms with van der Waals surface area (Å²) in [6, 6.07) is 2.37. The molecule has 6 heteroatoms. The molecule has 0 radical (unpaired) electrons. The number of amides is 1. The van der Waals surface area contributed by atoms with Crippen LogP contribution in [0.15, 0.2) is 18.3 Å². The first-order valence-corrected chi connectivity index (χ1v) is 5.72. The van der Waals surface area contributed by atoms with Gasteiger partial charge in [-0.3, -0.25) is 9.89 Å². The first kappa shape index (κ1) is 13.2. The highest BCUT2D eigenvalue weighted by molar-refractivity contribution is 5.94. The molecule has 2 N–H and O–H groups in total. The SMILES string of the molecule is Cc1ccc(F)c(C(=O)NCc2cn[nH]c2C)c1F. The molecule has 0 atom stereocenters. The molecule has 4 nitrogen and oxygen atoms in total. The summed E-state index contributed by atoms with van der Waals surface area (Å²) in [4.78, 5) is 11.8. The van der Waals surface area contributed by atoms with Gasteiger partial charge < -0.3 is 5.32 Å². The van der Waals surface area contributed by atoms with Crippen LogP contribution in [0.1, 0.15) is 27.2 Å². The molecule has 0 aliphatic carbocycles. The minimum atomic E-state index is -0.871. The van der Waals surface area contributed by atoms with Gasteiger partial charge >= 0.3 is 0 Å². The summed E-state index contributed by atoms with van der Waals surface area (Å²) >= 11 is 0. The summed E-state index contributed by atoms with van der Waals surface area (Å²) in [6.45, 7) is 3.43. The molecule has 1 aromatic carbocycles. The third-order valence-electron chi connectivity index (χ3n) is 2.88. The molecule has 0 aliphatic heterocycles. The number of benzene rings is 1. The average molecular weight is 265 g/mol. The quantitative estimate of drug-likeness (QED) is 0.894. The van der Waals surface area contributed by atoms with Crippen molar-refractivity contribution in [1.29, 1.82) is 0 Å². The lowest BCUT2D eigenvalue weighted by Gasteiger charge is -2.08. The van der Waals surface area contributed by atoms with E-state index in [1.807, 2.05) is 0 Å². The Morgan fingerprint density at radius 1 is 1.37 bits per heavy atom. The van der Waals surface area contributed by atoms with Gasteiger partial charge in [0.15, 0.2) is 0 Å². The van der Waals surface area contributed by atoms with Crippen LogP contribution in [0, 0.1) is 25.5 Å². The van der Waals surface area contributed by atoms with E-state index in [2.05, 4.69) is 15.5 Å². The Morgan fingerprint density at radius 2 is 2.11 bits per heavy atom. The van der Waals surface area contributed by atoms with E-state index in [4.69, 9.17) is 0 Å². The maximum absolute atomic E-state index is 13.7. The number of aromatic amines is 1. The van der Waals surface area contributed by atoms with E-state index in [-0.39, 0.29) is 12.1 Å². The number of halogens is 2. The van der Waals surface area contributed by atoms with Crippen LogP contribution in [0.3, 0.4) is 0 Å². The fourth-order valence-corrected chi connectivity index (χ4v) is 1.68. The fraction of sp³-hybridized carbons (Fsp3) is 0.231. The highest BCUT2D eigenvalue weighted by Crippen LogP contribution is 2.16. The van der Waals surface area contributed by atoms with E-state index < -0.39 is 23.1 Å². The second kappa shape index (κ2) is 5.17. The summed E-state index contributed by atoms with van der Waals surface area (Å²) in [5.74, 6) is -2.48. The third-order valence-corrected chi connectivity index (χ3v) is 2.88. The van der Waals surface area contributed by atoms with Crippen molar-refractivity contribution in [2.75, 3.05) is 0 Å². The predicted octanol–water partition coefficient (Wildman–Crippen LogP) is 2.23. The van der Waals surface area contributed by atoms with Crippen molar-refractivity contribution in [3.63, 3.8) is 0 Å². The number of aryl methyl sites for hydroxylation is 2. The number of hydrogen-bond acceptors (Lipinski definition) is 2. The normalized spacial score (nSPS) is 10.5. The van der Waals surface area contributed by atoms with Crippen molar-refractivity contribution in [1.82, 2.24) is 15.5 Å². The molecular formula is C13H13F2N3O. The Labute approximate surface area is 108 Å². The Hall–Kier alpha value is -2.24. The predicted molar refractivity (Wildman–Crippen MR) is 65.6 cm³/mol. The van der Waals surface area contributed by atoms with Crippen LogP contribution in [0.4, 0.5) is 8.78 Å². The van der Waals surface area contributed by atoms with E-state index in [1.54, 1.807) is 13.1 Å². The molecule has 0 bridgehead atoms. The van der Waals surface area contributed by atoms with Crippen LogP contribution in [-0.4, -0.2) is 16.1 Å². The zero-order chi connectivity index (χ0) is 14.0. The monoisotopic (exact) mass is 265 g/mol. The first-order valence-electron chi connectivity index (χ1n) is 5.72. The van der Waals surface area contributed by atoms with Gasteiger partial charge in [-0.05, 0) is 25.5 Å². The average Bonchev–Trinajstić information content (AvgIpc) is 2.77. The van der Waals surface area contributed by atoms with Gasteiger partial charge in [0, 0.05) is 17.8 Å². The Kier molecular flexibility index (Phi) is 3.59. The molecule has 0 fully saturated rings. The zero-order valence-corrected chi connectivity index (χ0v) is 10.6. The fourth-order valence-electron chi connectivity index (χ4n) is 1.68. The van der Waals surface area contributed by atoms with Crippen molar-refractivity contribution in [3.8, 4) is 0 Å². The second-order valence-corrected chi connectivity index (χ2v) is 4.26. The van der Waals surface area contributed by atoms with Crippen LogP contribution >= 0.6 is 0 Å². The molecule has 100 valence electrons. The van der Waals surface area contributed by atoms with E-state index in [1.165, 1.54) is 13.0 Å². The van der Waals surface area contributed by atoms with Crippen LogP contribution in [0.5, 0.6) is 0 Å². The van der Waals surface area contributed by atoms with Crippen molar-refractivity contribution in [2.45, 2.75) is 20.4 Å². The van der Waals surface area contributed by atoms with E-state index >= 15 is 0 Å². The van der Waals surface area contributed by atoms with Crippen molar-refractivity contribution < 1.29 is 13.6 Å². The van der Waals surface area contributed by atoms with Gasteiger partial charge in [0.1, 0.15) is 17.2 Å². The third kappa shape index (κ3) is 2.62. The largest absolute Gasteiger partial charge is 0.348 e. The molecule has 0 spiro atoms. The van der Waals surface area contributed by atoms with Crippen LogP contribution in [-0.2, 0) is 6.54 Å². The number of hydrogen-bond donors (Lipinski definition) is 2. The Bertz CT molecular complexity index is 622. The van der Waals surface area contributed by atoms with Gasteiger partial charge in [-0.1, -0.05) is 6.07 Å². The van der Waals surface area contributed by atoms with Crippen LogP contribution in [0.25, 0.3) is 0 Å². The summed E-state index contributed by atoms with van der Waals surface area (Å²) < 4.78 is 27.2. The zero-order valence-electron chi connectivity index (χ0n) is 10.6. The highest BCUT2D eigenvalue weighted by Gasteiger charge is 2.19. The van der Waals surface area contributed by atoms with Gasteiger partial charge in [0.25, 0.3) is 5.91 Å². The molecule has 1 heterocycles. The number of carbonyl (C=O) groups is 1. The molecular weight excluding hydrogens is 252 g/mol. The number of aromatic nitrogens is 2. The highest BCUT2D eigenvalue weighted by atomic mass is 19.1. The summed E-state index contributed by atoms with van der Waals surface area (Å²) in [7, 11) is 0. The molecule has 0 saturated heterocycles. The van der Waals surface area contributed by atoms with Gasteiger partial charge in [-0.25, -0.2) is 8.78 Å². The Morgan fingerprint density at radius 3 is 2.74 bits per heavy atom. The van der Waals surface area contributed by atoms with Crippen molar-refractivity contribution in [2.24, 2.45) is 0 Å². The molecule has 19 heavy (non-hydrogen) atoms. The Balaban J connectivity index is 2.17. The van der Waals surface area contributed by atoms with E-state index in [0.717, 1.165) is 17.3 Å². The minimum absolute atomic E-state index is 0.161. The lowest BCUT2D eigenvalue weighted by atomic mass is 10.1. The summed E-state index contributed by atoms with van der Waals surface area (Å²) in [5.41, 5.74) is 1.24. The summed E-state index contributed by atoms with van der Waals surface area (Å²) in [5, 5.41) is 8.98. The van der Waals surface area contributed by atoms with Crippen molar-refractivity contribution in [3.05, 3.63) is 52.3 Å². The number of nitrogens with zero attached hydrogens (tertiary/aromatic N) is 1. The van der Waals surface area contributed by atoms with Gasteiger partial charge in [-0.2, -0.15) is 5.10 Å². The van der Waals surface area contributed by atoms with Gasteiger partial charge in [-0.15, -0.1) is 0 Å². The molecule has 0 unspecified atom stereocenters. The maximum atomic E-state index is 13.7. The van der Waals surface area contributed by atoms with E-state index in [9.17, 15) is 13.6 Å². The molecule has 2 aromatic rings. The minimum Gasteiger partial charge on any atom is -0.348 e. The lowest BCUT2D eigenvalue weighted by molar-refractivity contribution is 0.0942. The molecule has 0 aliphatic rings. The number of nitrogens with one attached hydrogen (secondary N) is 2. The standard InChI is InChI=1S/C13H13F2N3O/c1-7-3-4-10(14)11(12(7)15)13(19)16-5-9-6-17-18-8(9)2/h3-4,6H,5H2,1-2H3,(H,16,19)(H,17,18). The first-order chi connectivity index (χ1) is 9.00. The van der Waals surface area contributed by atoms with Gasteiger partial charge in [0.05, 0.1) is 6.20 Å². The topological polar surface area (TPSA) is 57.8 Å². The number of carbonyl (C=O) groups excluding carboxylic acids is 1. The smallest absolute Gasteiger partial charge is 0.257 e. The van der Waals surface area contributed by atoms with Crippen LogP contribution < -0.4 is 5.32 Å². The maximum Gasteiger partial charge on any atom is 0.257 e. The number of H-pyrrole nitrogens is 1. The van der Waals surface area contributed by atoms with Gasteiger partial charge in [0.2, 0.25) is 0 Å². The second-order valence-electron chi connectivity index (χ2n) is 4.26. The molecule has 1 amide bonds. The molecule has 2 rings (SSSR count). The summed E-state index contributed by atoms with van der Waals surface area (Å²) in [6.07, 6.45) is 1.55. The lowest BCUT2D eigenvalue weighted by Crippen LogP contribution is -2.25. The van der Waals surface area contributed by atoms with Crippen molar-refractivity contribution >= 4 is 5.91 Å². The van der Waals surface area contributed by atoms with E-state index in [0.29, 0.717) is 0 Å².